The van der Waals surface area contributed by atoms with Gasteiger partial charge in [0, 0.05) is 19.1 Å². The minimum Gasteiger partial charge on any atom is -0.379 e. The summed E-state index contributed by atoms with van der Waals surface area (Å²) in [5.41, 5.74) is -0.890. The molecular weight excluding hydrogens is 280 g/mol. The summed E-state index contributed by atoms with van der Waals surface area (Å²) < 4.78 is 27.4. The zero-order valence-electron chi connectivity index (χ0n) is 11.9. The van der Waals surface area contributed by atoms with Crippen LogP contribution in [0.2, 0.25) is 0 Å². The highest BCUT2D eigenvalue weighted by atomic mass is 19.1. The molecular formula is C14H19F2N3O2. The van der Waals surface area contributed by atoms with Gasteiger partial charge in [-0.1, -0.05) is 12.8 Å². The Morgan fingerprint density at radius 3 is 2.43 bits per heavy atom. The Kier molecular flexibility index (Phi) is 5.06. The molecule has 116 valence electrons. The molecule has 0 bridgehead atoms. The summed E-state index contributed by atoms with van der Waals surface area (Å²) in [6.45, 7) is 1.05. The van der Waals surface area contributed by atoms with E-state index in [4.69, 9.17) is 0 Å². The number of nitro groups is 1. The molecule has 2 rings (SSSR count). The summed E-state index contributed by atoms with van der Waals surface area (Å²) in [7, 11) is 2.00. The molecule has 1 aromatic rings. The number of hydrogen-bond donors (Lipinski definition) is 1. The highest BCUT2D eigenvalue weighted by Gasteiger charge is 2.20. The van der Waals surface area contributed by atoms with E-state index in [0.717, 1.165) is 25.0 Å². The molecule has 7 heteroatoms. The molecule has 0 heterocycles. The van der Waals surface area contributed by atoms with Gasteiger partial charge in [-0.05, 0) is 19.9 Å². The molecule has 0 aliphatic heterocycles. The molecule has 21 heavy (non-hydrogen) atoms. The first-order valence-electron chi connectivity index (χ1n) is 7.06. The number of halogens is 2. The predicted octanol–water partition coefficient (Wildman–Crippen LogP) is 3.16. The van der Waals surface area contributed by atoms with Crippen molar-refractivity contribution in [1.82, 2.24) is 4.90 Å². The molecule has 1 aliphatic rings. The quantitative estimate of drug-likeness (QED) is 0.647. The van der Waals surface area contributed by atoms with Crippen LogP contribution < -0.4 is 5.32 Å². The average Bonchev–Trinajstić information content (AvgIpc) is 2.95. The number of nitrogens with one attached hydrogen (secondary N) is 1. The van der Waals surface area contributed by atoms with E-state index in [1.165, 1.54) is 12.8 Å². The van der Waals surface area contributed by atoms with Crippen molar-refractivity contribution in [3.05, 3.63) is 33.9 Å². The third kappa shape index (κ3) is 3.87. The summed E-state index contributed by atoms with van der Waals surface area (Å²) in [4.78, 5) is 11.9. The van der Waals surface area contributed by atoms with Crippen molar-refractivity contribution in [3.8, 4) is 0 Å². The Hall–Kier alpha value is -1.76. The topological polar surface area (TPSA) is 58.4 Å². The van der Waals surface area contributed by atoms with Gasteiger partial charge in [-0.25, -0.2) is 8.78 Å². The first-order chi connectivity index (χ1) is 9.99. The van der Waals surface area contributed by atoms with Gasteiger partial charge in [0.15, 0.2) is 11.6 Å². The maximum Gasteiger partial charge on any atom is 0.275 e. The van der Waals surface area contributed by atoms with E-state index in [1.807, 2.05) is 7.05 Å². The normalized spacial score (nSPS) is 15.6. The Morgan fingerprint density at radius 2 is 1.90 bits per heavy atom. The fraction of sp³-hybridized carbons (Fsp3) is 0.571. The van der Waals surface area contributed by atoms with Gasteiger partial charge in [-0.2, -0.15) is 0 Å². The fourth-order valence-electron chi connectivity index (χ4n) is 2.72. The molecule has 5 nitrogen and oxygen atoms in total. The van der Waals surface area contributed by atoms with Crippen LogP contribution in [0.1, 0.15) is 25.7 Å². The highest BCUT2D eigenvalue weighted by molar-refractivity contribution is 5.51. The van der Waals surface area contributed by atoms with Gasteiger partial charge >= 0.3 is 0 Å². The minimum atomic E-state index is -0.940. The van der Waals surface area contributed by atoms with Crippen LogP contribution in [-0.4, -0.2) is 36.0 Å². The second-order valence-electron chi connectivity index (χ2n) is 5.39. The van der Waals surface area contributed by atoms with Crippen LogP contribution in [0.4, 0.5) is 20.2 Å². The SMILES string of the molecule is CN(CCNc1c(F)cc([N+](=O)[O-])cc1F)C1CCCC1. The van der Waals surface area contributed by atoms with Crippen molar-refractivity contribution in [2.75, 3.05) is 25.5 Å². The van der Waals surface area contributed by atoms with Gasteiger partial charge in [0.2, 0.25) is 0 Å². The number of rotatable bonds is 6. The van der Waals surface area contributed by atoms with Crippen LogP contribution >= 0.6 is 0 Å². The number of likely N-dealkylation sites (N-methyl/N-ethyl adjacent to an activating group) is 1. The van der Waals surface area contributed by atoms with Crippen molar-refractivity contribution in [3.63, 3.8) is 0 Å². The van der Waals surface area contributed by atoms with Crippen LogP contribution in [0.25, 0.3) is 0 Å². The Balaban J connectivity index is 1.92. The molecule has 0 radical (unpaired) electrons. The second kappa shape index (κ2) is 6.80. The van der Waals surface area contributed by atoms with Gasteiger partial charge in [0.05, 0.1) is 17.1 Å². The Labute approximate surface area is 122 Å². The summed E-state index contributed by atoms with van der Waals surface area (Å²) >= 11 is 0. The zero-order chi connectivity index (χ0) is 15.4. The van der Waals surface area contributed by atoms with Crippen LogP contribution in [-0.2, 0) is 0 Å². The largest absolute Gasteiger partial charge is 0.379 e. The summed E-state index contributed by atoms with van der Waals surface area (Å²) in [6.07, 6.45) is 4.79. The number of nitrogens with zero attached hydrogens (tertiary/aromatic N) is 2. The molecule has 0 amide bonds. The van der Waals surface area contributed by atoms with Crippen molar-refractivity contribution < 1.29 is 13.7 Å². The lowest BCUT2D eigenvalue weighted by atomic mass is 10.2. The highest BCUT2D eigenvalue weighted by Crippen LogP contribution is 2.25. The van der Waals surface area contributed by atoms with Gasteiger partial charge in [-0.3, -0.25) is 10.1 Å². The number of non-ortho nitro benzene ring substituents is 1. The summed E-state index contributed by atoms with van der Waals surface area (Å²) in [6, 6.07) is 2.00. The number of benzene rings is 1. The van der Waals surface area contributed by atoms with Gasteiger partial charge in [-0.15, -0.1) is 0 Å². The minimum absolute atomic E-state index is 0.305. The number of hydrogen-bond acceptors (Lipinski definition) is 4. The van der Waals surface area contributed by atoms with E-state index in [-0.39, 0.29) is 5.69 Å². The van der Waals surface area contributed by atoms with Crippen molar-refractivity contribution in [1.29, 1.82) is 0 Å². The Morgan fingerprint density at radius 1 is 1.33 bits per heavy atom. The molecule has 1 aliphatic carbocycles. The molecule has 1 saturated carbocycles. The lowest BCUT2D eigenvalue weighted by molar-refractivity contribution is -0.385. The molecule has 1 aromatic carbocycles. The van der Waals surface area contributed by atoms with Gasteiger partial charge in [0.1, 0.15) is 5.69 Å². The number of anilines is 1. The molecule has 0 unspecified atom stereocenters. The van der Waals surface area contributed by atoms with E-state index >= 15 is 0 Å². The number of nitro benzene ring substituents is 1. The smallest absolute Gasteiger partial charge is 0.275 e. The predicted molar refractivity (Wildman–Crippen MR) is 76.4 cm³/mol. The maximum absolute atomic E-state index is 13.7. The fourth-order valence-corrected chi connectivity index (χ4v) is 2.72. The molecule has 0 saturated heterocycles. The molecule has 0 aromatic heterocycles. The first-order valence-corrected chi connectivity index (χ1v) is 7.06. The van der Waals surface area contributed by atoms with Gasteiger partial charge < -0.3 is 10.2 Å². The van der Waals surface area contributed by atoms with E-state index < -0.39 is 22.2 Å². The van der Waals surface area contributed by atoms with Crippen molar-refractivity contribution in [2.45, 2.75) is 31.7 Å². The van der Waals surface area contributed by atoms with Crippen LogP contribution in [0.15, 0.2) is 12.1 Å². The standard InChI is InChI=1S/C14H19F2N3O2/c1-18(10-4-2-3-5-10)7-6-17-14-12(15)8-11(19(20)21)9-13(14)16/h8-10,17H,2-7H2,1H3. The van der Waals surface area contributed by atoms with Crippen LogP contribution in [0.5, 0.6) is 0 Å². The van der Waals surface area contributed by atoms with E-state index in [9.17, 15) is 18.9 Å². The summed E-state index contributed by atoms with van der Waals surface area (Å²) in [5.74, 6) is -1.88. The van der Waals surface area contributed by atoms with E-state index in [1.54, 1.807) is 0 Å². The van der Waals surface area contributed by atoms with Gasteiger partial charge in [0.25, 0.3) is 5.69 Å². The Bertz CT molecular complexity index is 496. The third-order valence-electron chi connectivity index (χ3n) is 3.95. The second-order valence-corrected chi connectivity index (χ2v) is 5.39. The molecule has 0 atom stereocenters. The summed E-state index contributed by atoms with van der Waals surface area (Å²) in [5, 5.41) is 13.2. The zero-order valence-corrected chi connectivity index (χ0v) is 11.9. The molecule has 1 N–H and O–H groups in total. The van der Waals surface area contributed by atoms with E-state index in [0.29, 0.717) is 19.1 Å². The van der Waals surface area contributed by atoms with Crippen molar-refractivity contribution in [2.24, 2.45) is 0 Å². The van der Waals surface area contributed by atoms with Crippen molar-refractivity contribution >= 4 is 11.4 Å². The van der Waals surface area contributed by atoms with Crippen LogP contribution in [0.3, 0.4) is 0 Å². The molecule has 0 spiro atoms. The maximum atomic E-state index is 13.7. The third-order valence-corrected chi connectivity index (χ3v) is 3.95. The van der Waals surface area contributed by atoms with Crippen LogP contribution in [0, 0.1) is 21.7 Å². The average molecular weight is 299 g/mol. The lowest BCUT2D eigenvalue weighted by Crippen LogP contribution is -2.33. The first kappa shape index (κ1) is 15.6. The lowest BCUT2D eigenvalue weighted by Gasteiger charge is -2.24. The monoisotopic (exact) mass is 299 g/mol. The molecule has 1 fully saturated rings. The van der Waals surface area contributed by atoms with E-state index in [2.05, 4.69) is 10.2 Å².